The zero-order chi connectivity index (χ0) is 23.8. The van der Waals surface area contributed by atoms with Crippen LogP contribution in [-0.4, -0.2) is 36.5 Å². The number of benzene rings is 1. The number of aromatic nitrogens is 3. The zero-order valence-electron chi connectivity index (χ0n) is 18.7. The van der Waals surface area contributed by atoms with Crippen LogP contribution in [0.2, 0.25) is 0 Å². The molecule has 4 rings (SSSR count). The van der Waals surface area contributed by atoms with Crippen molar-refractivity contribution in [1.29, 1.82) is 0 Å². The Morgan fingerprint density at radius 1 is 1.15 bits per heavy atom. The van der Waals surface area contributed by atoms with Crippen molar-refractivity contribution in [1.82, 2.24) is 14.7 Å². The van der Waals surface area contributed by atoms with E-state index in [-0.39, 0.29) is 24.3 Å². The summed E-state index contributed by atoms with van der Waals surface area (Å²) in [4.78, 5) is 17.6. The van der Waals surface area contributed by atoms with Gasteiger partial charge in [-0.25, -0.2) is 0 Å². The van der Waals surface area contributed by atoms with Gasteiger partial charge in [0.2, 0.25) is 0 Å². The Labute approximate surface area is 190 Å². The highest BCUT2D eigenvalue weighted by molar-refractivity contribution is 7.85. The summed E-state index contributed by atoms with van der Waals surface area (Å²) in [5, 5.41) is 4.73. The van der Waals surface area contributed by atoms with Gasteiger partial charge in [0.1, 0.15) is 11.5 Å². The minimum absolute atomic E-state index is 0.191. The third kappa shape index (κ3) is 4.67. The summed E-state index contributed by atoms with van der Waals surface area (Å²) in [6.45, 7) is 3.47. The SMILES string of the molecule is COc1cc2c(cc1-c1c(C)noc1C)cc(COS(C)(=O)=O)c(=O)n2Cc1ccccn1. The van der Waals surface area contributed by atoms with Crippen LogP contribution in [0.3, 0.4) is 0 Å². The highest BCUT2D eigenvalue weighted by atomic mass is 32.2. The van der Waals surface area contributed by atoms with Crippen molar-refractivity contribution in [3.63, 3.8) is 0 Å². The van der Waals surface area contributed by atoms with Gasteiger partial charge in [0.05, 0.1) is 49.0 Å². The van der Waals surface area contributed by atoms with Crippen molar-refractivity contribution in [3.8, 4) is 16.9 Å². The lowest BCUT2D eigenvalue weighted by Gasteiger charge is -2.16. The third-order valence-corrected chi connectivity index (χ3v) is 5.81. The zero-order valence-corrected chi connectivity index (χ0v) is 19.5. The van der Waals surface area contributed by atoms with E-state index in [0.717, 1.165) is 17.4 Å². The maximum absolute atomic E-state index is 13.3. The van der Waals surface area contributed by atoms with Crippen molar-refractivity contribution < 1.29 is 21.9 Å². The summed E-state index contributed by atoms with van der Waals surface area (Å²) in [7, 11) is -2.18. The van der Waals surface area contributed by atoms with Crippen molar-refractivity contribution >= 4 is 21.0 Å². The molecule has 4 aromatic rings. The van der Waals surface area contributed by atoms with Crippen molar-refractivity contribution in [2.75, 3.05) is 13.4 Å². The number of ether oxygens (including phenoxy) is 1. The van der Waals surface area contributed by atoms with Crippen LogP contribution in [0.5, 0.6) is 5.75 Å². The van der Waals surface area contributed by atoms with Gasteiger partial charge in [-0.3, -0.25) is 14.0 Å². The summed E-state index contributed by atoms with van der Waals surface area (Å²) < 4.78 is 40.5. The largest absolute Gasteiger partial charge is 0.496 e. The fourth-order valence-corrected chi connectivity index (χ4v) is 4.12. The van der Waals surface area contributed by atoms with Gasteiger partial charge in [0.25, 0.3) is 15.7 Å². The van der Waals surface area contributed by atoms with E-state index in [9.17, 15) is 13.2 Å². The van der Waals surface area contributed by atoms with Crippen LogP contribution in [0.25, 0.3) is 22.0 Å². The Bertz CT molecular complexity index is 1470. The van der Waals surface area contributed by atoms with E-state index < -0.39 is 10.1 Å². The first-order chi connectivity index (χ1) is 15.7. The molecule has 0 N–H and O–H groups in total. The van der Waals surface area contributed by atoms with Gasteiger partial charge in [-0.1, -0.05) is 11.2 Å². The molecule has 1 aromatic carbocycles. The summed E-state index contributed by atoms with van der Waals surface area (Å²) >= 11 is 0. The number of nitrogens with zero attached hydrogens (tertiary/aromatic N) is 3. The first kappa shape index (κ1) is 22.7. The highest BCUT2D eigenvalue weighted by Gasteiger charge is 2.20. The molecule has 0 unspecified atom stereocenters. The molecular formula is C23H23N3O6S. The normalized spacial score (nSPS) is 11.8. The molecule has 0 saturated carbocycles. The molecule has 33 heavy (non-hydrogen) atoms. The maximum atomic E-state index is 13.3. The summed E-state index contributed by atoms with van der Waals surface area (Å²) in [6.07, 6.45) is 2.59. The molecule has 0 radical (unpaired) electrons. The molecule has 3 heterocycles. The predicted molar refractivity (Wildman–Crippen MR) is 123 cm³/mol. The van der Waals surface area contributed by atoms with Crippen LogP contribution < -0.4 is 10.3 Å². The van der Waals surface area contributed by atoms with Crippen molar-refractivity contribution in [2.24, 2.45) is 0 Å². The first-order valence-corrected chi connectivity index (χ1v) is 11.9. The average molecular weight is 470 g/mol. The van der Waals surface area contributed by atoms with Gasteiger partial charge < -0.3 is 13.8 Å². The average Bonchev–Trinajstić information content (AvgIpc) is 3.11. The summed E-state index contributed by atoms with van der Waals surface area (Å²) in [5.74, 6) is 1.18. The molecule has 9 nitrogen and oxygen atoms in total. The summed E-state index contributed by atoms with van der Waals surface area (Å²) in [5.41, 5.74) is 3.37. The van der Waals surface area contributed by atoms with E-state index in [1.165, 1.54) is 4.57 Å². The van der Waals surface area contributed by atoms with Gasteiger partial charge in [-0.15, -0.1) is 0 Å². The monoisotopic (exact) mass is 469 g/mol. The van der Waals surface area contributed by atoms with Gasteiger partial charge in [0.15, 0.2) is 0 Å². The number of methoxy groups -OCH3 is 1. The van der Waals surface area contributed by atoms with E-state index in [2.05, 4.69) is 10.1 Å². The number of pyridine rings is 2. The summed E-state index contributed by atoms with van der Waals surface area (Å²) in [6, 6.07) is 10.7. The minimum Gasteiger partial charge on any atom is -0.496 e. The molecule has 3 aromatic heterocycles. The molecule has 0 atom stereocenters. The maximum Gasteiger partial charge on any atom is 0.264 e. The molecule has 0 spiro atoms. The Hall–Kier alpha value is -3.50. The van der Waals surface area contributed by atoms with Gasteiger partial charge in [-0.2, -0.15) is 8.42 Å². The fourth-order valence-electron chi connectivity index (χ4n) is 3.78. The van der Waals surface area contributed by atoms with Crippen molar-refractivity contribution in [2.45, 2.75) is 27.0 Å². The molecule has 0 aliphatic carbocycles. The molecule has 0 fully saturated rings. The second kappa shape index (κ2) is 8.80. The lowest BCUT2D eigenvalue weighted by atomic mass is 9.99. The van der Waals surface area contributed by atoms with Crippen LogP contribution in [0.4, 0.5) is 0 Å². The van der Waals surface area contributed by atoms with Crippen molar-refractivity contribution in [3.05, 3.63) is 75.7 Å². The number of hydrogen-bond donors (Lipinski definition) is 0. The van der Waals surface area contributed by atoms with E-state index >= 15 is 0 Å². The van der Waals surface area contributed by atoms with Gasteiger partial charge >= 0.3 is 0 Å². The molecule has 0 amide bonds. The number of hydrogen-bond acceptors (Lipinski definition) is 8. The van der Waals surface area contributed by atoms with E-state index in [1.54, 1.807) is 31.5 Å². The minimum atomic E-state index is -3.73. The molecule has 0 aliphatic heterocycles. The molecule has 0 aliphatic rings. The van der Waals surface area contributed by atoms with Crippen LogP contribution in [0, 0.1) is 13.8 Å². The third-order valence-electron chi connectivity index (χ3n) is 5.27. The Morgan fingerprint density at radius 2 is 1.94 bits per heavy atom. The lowest BCUT2D eigenvalue weighted by Crippen LogP contribution is -2.26. The Morgan fingerprint density at radius 3 is 2.55 bits per heavy atom. The molecule has 0 saturated heterocycles. The quantitative estimate of drug-likeness (QED) is 0.379. The second-order valence-corrected chi connectivity index (χ2v) is 9.30. The first-order valence-electron chi connectivity index (χ1n) is 10.1. The standard InChI is InChI=1S/C23H23N3O6S/c1-14-22(15(2)32-25-14)19-10-16-9-17(13-31-33(4,28)29)23(27)26(20(16)11-21(19)30-3)12-18-7-5-6-8-24-18/h5-11H,12-13H2,1-4H3. The number of fused-ring (bicyclic) bond motifs is 1. The van der Waals surface area contributed by atoms with E-state index in [1.807, 2.05) is 32.0 Å². The van der Waals surface area contributed by atoms with Crippen LogP contribution in [0.1, 0.15) is 22.7 Å². The number of aryl methyl sites for hydroxylation is 2. The topological polar surface area (TPSA) is 114 Å². The molecule has 172 valence electrons. The molecular weight excluding hydrogens is 446 g/mol. The fraction of sp³-hybridized carbons (Fsp3) is 0.261. The highest BCUT2D eigenvalue weighted by Crippen LogP contribution is 2.37. The van der Waals surface area contributed by atoms with Crippen LogP contribution in [0.15, 0.2) is 51.9 Å². The molecule has 10 heteroatoms. The lowest BCUT2D eigenvalue weighted by molar-refractivity contribution is 0.309. The predicted octanol–water partition coefficient (Wildman–Crippen LogP) is 3.20. The van der Waals surface area contributed by atoms with Crippen LogP contribution >= 0.6 is 0 Å². The van der Waals surface area contributed by atoms with Gasteiger partial charge in [-0.05, 0) is 43.5 Å². The second-order valence-electron chi connectivity index (χ2n) is 7.66. The van der Waals surface area contributed by atoms with Gasteiger partial charge in [0, 0.05) is 23.4 Å². The van der Waals surface area contributed by atoms with E-state index in [4.69, 9.17) is 13.4 Å². The van der Waals surface area contributed by atoms with E-state index in [0.29, 0.717) is 33.8 Å². The molecule has 0 bridgehead atoms. The Balaban J connectivity index is 1.98. The Kier molecular flexibility index (Phi) is 6.05. The smallest absolute Gasteiger partial charge is 0.264 e. The number of rotatable bonds is 7. The van der Waals surface area contributed by atoms with Crippen LogP contribution in [-0.2, 0) is 27.5 Å².